The van der Waals surface area contributed by atoms with Crippen LogP contribution in [0.1, 0.15) is 26.3 Å². The molecular weight excluding hydrogens is 273 g/mol. The molecular formula is C13H17Cl2NO2. The van der Waals surface area contributed by atoms with Crippen LogP contribution in [-0.4, -0.2) is 23.3 Å². The second-order valence-corrected chi connectivity index (χ2v) is 6.18. The fourth-order valence-electron chi connectivity index (χ4n) is 2.19. The van der Waals surface area contributed by atoms with Crippen LogP contribution in [0, 0.1) is 0 Å². The molecule has 1 aliphatic heterocycles. The number of aliphatic hydroxyl groups is 1. The Bertz CT molecular complexity index is 464. The predicted octanol–water partition coefficient (Wildman–Crippen LogP) is 2.93. The van der Waals surface area contributed by atoms with Crippen molar-refractivity contribution < 1.29 is 9.84 Å². The Balaban J connectivity index is 2.34. The van der Waals surface area contributed by atoms with Crippen LogP contribution in [0.3, 0.4) is 0 Å². The third-order valence-corrected chi connectivity index (χ3v) is 3.92. The zero-order chi connectivity index (χ0) is 13.6. The molecule has 18 heavy (non-hydrogen) atoms. The van der Waals surface area contributed by atoms with Gasteiger partial charge in [0.25, 0.3) is 0 Å². The van der Waals surface area contributed by atoms with Crippen molar-refractivity contribution in [2.45, 2.75) is 38.1 Å². The fraction of sp³-hybridized carbons (Fsp3) is 0.538. The van der Waals surface area contributed by atoms with Gasteiger partial charge in [0.15, 0.2) is 0 Å². The summed E-state index contributed by atoms with van der Waals surface area (Å²) in [7, 11) is 0. The lowest BCUT2D eigenvalue weighted by Gasteiger charge is -2.46. The van der Waals surface area contributed by atoms with E-state index in [2.05, 4.69) is 5.32 Å². The van der Waals surface area contributed by atoms with Crippen molar-refractivity contribution in [3.8, 4) is 0 Å². The Hall–Kier alpha value is -0.320. The Labute approximate surface area is 117 Å². The summed E-state index contributed by atoms with van der Waals surface area (Å²) < 4.78 is 5.67. The SMILES string of the molecule is C[C@@H]1NC(C)(C)CO[C@@]1(O)c1ccc(Cl)c(Cl)c1. The first-order valence-corrected chi connectivity index (χ1v) is 6.60. The smallest absolute Gasteiger partial charge is 0.208 e. The maximum Gasteiger partial charge on any atom is 0.208 e. The van der Waals surface area contributed by atoms with Crippen molar-refractivity contribution in [2.75, 3.05) is 6.61 Å². The molecule has 0 unspecified atom stereocenters. The van der Waals surface area contributed by atoms with Gasteiger partial charge in [0.05, 0.1) is 22.7 Å². The summed E-state index contributed by atoms with van der Waals surface area (Å²) in [5.74, 6) is -1.39. The van der Waals surface area contributed by atoms with Crippen molar-refractivity contribution in [3.63, 3.8) is 0 Å². The van der Waals surface area contributed by atoms with Crippen LogP contribution in [0.25, 0.3) is 0 Å². The van der Waals surface area contributed by atoms with Crippen molar-refractivity contribution >= 4 is 23.2 Å². The summed E-state index contributed by atoms with van der Waals surface area (Å²) >= 11 is 11.9. The van der Waals surface area contributed by atoms with Crippen LogP contribution >= 0.6 is 23.2 Å². The van der Waals surface area contributed by atoms with Gasteiger partial charge in [-0.3, -0.25) is 0 Å². The normalized spacial score (nSPS) is 31.3. The molecule has 3 nitrogen and oxygen atoms in total. The fourth-order valence-corrected chi connectivity index (χ4v) is 2.49. The molecule has 0 saturated carbocycles. The highest BCUT2D eigenvalue weighted by atomic mass is 35.5. The molecule has 0 spiro atoms. The lowest BCUT2D eigenvalue weighted by molar-refractivity contribution is -0.263. The highest BCUT2D eigenvalue weighted by Gasteiger charge is 2.44. The summed E-state index contributed by atoms with van der Waals surface area (Å²) in [5.41, 5.74) is 0.439. The zero-order valence-electron chi connectivity index (χ0n) is 10.6. The maximum absolute atomic E-state index is 10.7. The summed E-state index contributed by atoms with van der Waals surface area (Å²) in [5, 5.41) is 14.9. The van der Waals surface area contributed by atoms with Gasteiger partial charge >= 0.3 is 0 Å². The van der Waals surface area contributed by atoms with Gasteiger partial charge in [0.1, 0.15) is 0 Å². The van der Waals surface area contributed by atoms with Gasteiger partial charge < -0.3 is 15.2 Å². The van der Waals surface area contributed by atoms with Crippen molar-refractivity contribution in [1.82, 2.24) is 5.32 Å². The molecule has 0 radical (unpaired) electrons. The Morgan fingerprint density at radius 2 is 2.00 bits per heavy atom. The Morgan fingerprint density at radius 3 is 2.56 bits per heavy atom. The standard InChI is InChI=1S/C13H17Cl2NO2/c1-8-13(17,18-7-12(2,3)16-8)9-4-5-10(14)11(15)6-9/h4-6,8,16-17H,7H2,1-3H3/t8-,13+/m0/s1. The van der Waals surface area contributed by atoms with Gasteiger partial charge in [-0.15, -0.1) is 0 Å². The molecule has 1 aliphatic rings. The van der Waals surface area contributed by atoms with Crippen LogP contribution in [0.2, 0.25) is 10.0 Å². The van der Waals surface area contributed by atoms with E-state index in [0.717, 1.165) is 0 Å². The van der Waals surface area contributed by atoms with E-state index in [9.17, 15) is 5.11 Å². The minimum atomic E-state index is -1.39. The van der Waals surface area contributed by atoms with Gasteiger partial charge in [0, 0.05) is 11.1 Å². The van der Waals surface area contributed by atoms with E-state index in [-0.39, 0.29) is 11.6 Å². The Kier molecular flexibility index (Phi) is 3.65. The molecule has 0 aliphatic carbocycles. The van der Waals surface area contributed by atoms with Gasteiger partial charge in [-0.25, -0.2) is 0 Å². The number of hydrogen-bond donors (Lipinski definition) is 2. The molecule has 2 atom stereocenters. The molecule has 2 N–H and O–H groups in total. The van der Waals surface area contributed by atoms with Crippen molar-refractivity contribution in [1.29, 1.82) is 0 Å². The van der Waals surface area contributed by atoms with E-state index in [1.807, 2.05) is 20.8 Å². The molecule has 1 aromatic rings. The van der Waals surface area contributed by atoms with Crippen LogP contribution in [0.15, 0.2) is 18.2 Å². The average Bonchev–Trinajstić information content (AvgIpc) is 2.27. The number of nitrogens with one attached hydrogen (secondary N) is 1. The third-order valence-electron chi connectivity index (χ3n) is 3.18. The number of hydrogen-bond acceptors (Lipinski definition) is 3. The lowest BCUT2D eigenvalue weighted by atomic mass is 9.92. The predicted molar refractivity (Wildman–Crippen MR) is 73.0 cm³/mol. The van der Waals surface area contributed by atoms with Crippen molar-refractivity contribution in [2.24, 2.45) is 0 Å². The quantitative estimate of drug-likeness (QED) is 0.835. The number of ether oxygens (including phenoxy) is 1. The number of rotatable bonds is 1. The van der Waals surface area contributed by atoms with Crippen LogP contribution in [0.4, 0.5) is 0 Å². The lowest BCUT2D eigenvalue weighted by Crippen LogP contribution is -2.63. The molecule has 1 heterocycles. The molecule has 0 aromatic heterocycles. The molecule has 1 saturated heterocycles. The largest absolute Gasteiger partial charge is 0.361 e. The number of benzene rings is 1. The summed E-state index contributed by atoms with van der Waals surface area (Å²) in [6, 6.07) is 4.77. The average molecular weight is 290 g/mol. The maximum atomic E-state index is 10.7. The topological polar surface area (TPSA) is 41.5 Å². The van der Waals surface area contributed by atoms with E-state index in [4.69, 9.17) is 27.9 Å². The highest BCUT2D eigenvalue weighted by Crippen LogP contribution is 2.35. The first kappa shape index (κ1) is 14.1. The van der Waals surface area contributed by atoms with E-state index >= 15 is 0 Å². The second kappa shape index (κ2) is 4.66. The monoisotopic (exact) mass is 289 g/mol. The minimum Gasteiger partial charge on any atom is -0.361 e. The summed E-state index contributed by atoms with van der Waals surface area (Å²) in [6.07, 6.45) is 0. The third kappa shape index (κ3) is 2.51. The van der Waals surface area contributed by atoms with Crippen LogP contribution in [-0.2, 0) is 10.5 Å². The zero-order valence-corrected chi connectivity index (χ0v) is 12.1. The second-order valence-electron chi connectivity index (χ2n) is 5.36. The molecule has 0 amide bonds. The van der Waals surface area contributed by atoms with E-state index in [1.54, 1.807) is 18.2 Å². The van der Waals surface area contributed by atoms with Crippen LogP contribution < -0.4 is 5.32 Å². The molecule has 5 heteroatoms. The number of halogens is 2. The van der Waals surface area contributed by atoms with E-state index in [1.165, 1.54) is 0 Å². The highest BCUT2D eigenvalue weighted by molar-refractivity contribution is 6.42. The first-order valence-electron chi connectivity index (χ1n) is 5.84. The van der Waals surface area contributed by atoms with Gasteiger partial charge in [0.2, 0.25) is 5.79 Å². The van der Waals surface area contributed by atoms with Crippen molar-refractivity contribution in [3.05, 3.63) is 33.8 Å². The molecule has 2 rings (SSSR count). The summed E-state index contributed by atoms with van der Waals surface area (Å²) in [6.45, 7) is 6.34. The minimum absolute atomic E-state index is 0.165. The molecule has 1 aromatic carbocycles. The van der Waals surface area contributed by atoms with Gasteiger partial charge in [-0.05, 0) is 32.9 Å². The molecule has 0 bridgehead atoms. The Morgan fingerprint density at radius 1 is 1.33 bits per heavy atom. The van der Waals surface area contributed by atoms with Gasteiger partial charge in [-0.1, -0.05) is 29.3 Å². The van der Waals surface area contributed by atoms with Crippen LogP contribution in [0.5, 0.6) is 0 Å². The summed E-state index contributed by atoms with van der Waals surface area (Å²) in [4.78, 5) is 0. The van der Waals surface area contributed by atoms with E-state index in [0.29, 0.717) is 22.2 Å². The number of morpholine rings is 1. The first-order chi connectivity index (χ1) is 8.24. The molecule has 1 fully saturated rings. The molecule has 100 valence electrons. The van der Waals surface area contributed by atoms with Gasteiger partial charge in [-0.2, -0.15) is 0 Å². The van der Waals surface area contributed by atoms with E-state index < -0.39 is 5.79 Å².